The summed E-state index contributed by atoms with van der Waals surface area (Å²) >= 11 is 5.71. The fraction of sp³-hybridized carbons (Fsp3) is 0.619. The lowest BCUT2D eigenvalue weighted by molar-refractivity contribution is -0.122. The third kappa shape index (κ3) is 9.64. The predicted octanol–water partition coefficient (Wildman–Crippen LogP) is 5.37. The minimum absolute atomic E-state index is 0.0953. The zero-order valence-electron chi connectivity index (χ0n) is 15.4. The van der Waals surface area contributed by atoms with Gasteiger partial charge in [-0.3, -0.25) is 9.59 Å². The molecule has 0 aliphatic heterocycles. The number of halogens is 1. The van der Waals surface area contributed by atoms with Crippen molar-refractivity contribution in [1.82, 2.24) is 5.32 Å². The van der Waals surface area contributed by atoms with Gasteiger partial charge in [0.2, 0.25) is 0 Å². The van der Waals surface area contributed by atoms with E-state index < -0.39 is 0 Å². The van der Waals surface area contributed by atoms with E-state index in [-0.39, 0.29) is 17.6 Å². The molecule has 1 N–H and O–H groups in total. The first-order valence-electron chi connectivity index (χ1n) is 9.61. The van der Waals surface area contributed by atoms with Crippen LogP contribution in [-0.2, 0) is 4.79 Å². The highest BCUT2D eigenvalue weighted by molar-refractivity contribution is 6.17. The normalized spacial score (nSPS) is 11.9. The fourth-order valence-electron chi connectivity index (χ4n) is 2.90. The molecule has 1 amide bonds. The molecule has 0 aliphatic carbocycles. The van der Waals surface area contributed by atoms with Crippen LogP contribution in [0.5, 0.6) is 0 Å². The topological polar surface area (TPSA) is 46.2 Å². The van der Waals surface area contributed by atoms with Crippen molar-refractivity contribution in [3.8, 4) is 0 Å². The molecule has 1 rings (SSSR count). The van der Waals surface area contributed by atoms with Gasteiger partial charge in [0.1, 0.15) is 5.78 Å². The predicted molar refractivity (Wildman–Crippen MR) is 105 cm³/mol. The van der Waals surface area contributed by atoms with Crippen molar-refractivity contribution in [2.75, 3.05) is 12.4 Å². The van der Waals surface area contributed by atoms with E-state index >= 15 is 0 Å². The number of nitrogens with one attached hydrogen (secondary N) is 1. The van der Waals surface area contributed by atoms with Crippen molar-refractivity contribution in [3.63, 3.8) is 0 Å². The minimum atomic E-state index is -0.112. The van der Waals surface area contributed by atoms with Gasteiger partial charge in [-0.15, -0.1) is 11.6 Å². The molecule has 0 fully saturated rings. The number of amides is 1. The first-order chi connectivity index (χ1) is 12.2. The molecule has 0 saturated carbocycles. The minimum Gasteiger partial charge on any atom is -0.351 e. The number of carbonyl (C=O) groups is 2. The van der Waals surface area contributed by atoms with Gasteiger partial charge in [-0.2, -0.15) is 0 Å². The summed E-state index contributed by atoms with van der Waals surface area (Å²) in [5, 5.41) is 2.92. The molecule has 4 heteroatoms. The summed E-state index contributed by atoms with van der Waals surface area (Å²) in [7, 11) is 0. The largest absolute Gasteiger partial charge is 0.351 e. The van der Waals surface area contributed by atoms with Crippen LogP contribution in [0.25, 0.3) is 0 Å². The molecule has 0 aliphatic rings. The summed E-state index contributed by atoms with van der Waals surface area (Å²) < 4.78 is 0. The van der Waals surface area contributed by atoms with Gasteiger partial charge < -0.3 is 5.32 Å². The number of benzene rings is 1. The number of carbonyl (C=O) groups excluding carboxylic acids is 2. The monoisotopic (exact) mass is 365 g/mol. The molecule has 0 aromatic heterocycles. The molecular weight excluding hydrogens is 334 g/mol. The third-order valence-electron chi connectivity index (χ3n) is 4.46. The molecule has 0 saturated heterocycles. The summed E-state index contributed by atoms with van der Waals surface area (Å²) in [5.41, 5.74) is 0.633. The Morgan fingerprint density at radius 2 is 1.68 bits per heavy atom. The summed E-state index contributed by atoms with van der Waals surface area (Å²) in [6.45, 7) is 2.63. The molecule has 0 bridgehead atoms. The lowest BCUT2D eigenvalue weighted by Crippen LogP contribution is -2.33. The summed E-state index contributed by atoms with van der Waals surface area (Å²) in [5.74, 6) is 0.523. The van der Waals surface area contributed by atoms with E-state index in [1.165, 1.54) is 25.7 Å². The molecule has 1 unspecified atom stereocenters. The van der Waals surface area contributed by atoms with Crippen LogP contribution in [0.15, 0.2) is 30.3 Å². The van der Waals surface area contributed by atoms with Gasteiger partial charge in [-0.25, -0.2) is 0 Å². The number of Topliss-reactive ketones (excluding diaryl/α,β-unsaturated/α-hetero) is 1. The Morgan fingerprint density at radius 1 is 1.00 bits per heavy atom. The molecule has 140 valence electrons. The molecule has 1 atom stereocenters. The maximum Gasteiger partial charge on any atom is 0.251 e. The van der Waals surface area contributed by atoms with E-state index in [1.807, 2.05) is 18.2 Å². The average Bonchev–Trinajstić information content (AvgIpc) is 2.65. The lowest BCUT2D eigenvalue weighted by Gasteiger charge is -2.16. The second-order valence-electron chi connectivity index (χ2n) is 6.59. The van der Waals surface area contributed by atoms with E-state index in [2.05, 4.69) is 12.2 Å². The van der Waals surface area contributed by atoms with Crippen molar-refractivity contribution in [2.24, 2.45) is 5.92 Å². The van der Waals surface area contributed by atoms with Crippen LogP contribution in [0.3, 0.4) is 0 Å². The highest BCUT2D eigenvalue weighted by Gasteiger charge is 2.18. The smallest absolute Gasteiger partial charge is 0.251 e. The Morgan fingerprint density at radius 3 is 2.36 bits per heavy atom. The third-order valence-corrected chi connectivity index (χ3v) is 4.73. The van der Waals surface area contributed by atoms with Crippen molar-refractivity contribution < 1.29 is 9.59 Å². The Balaban J connectivity index is 2.44. The zero-order chi connectivity index (χ0) is 18.3. The van der Waals surface area contributed by atoms with Crippen molar-refractivity contribution in [2.45, 2.75) is 64.7 Å². The Hall–Kier alpha value is -1.35. The summed E-state index contributed by atoms with van der Waals surface area (Å²) in [4.78, 5) is 24.6. The van der Waals surface area contributed by atoms with E-state index in [4.69, 9.17) is 11.6 Å². The van der Waals surface area contributed by atoms with Crippen LogP contribution in [0.2, 0.25) is 0 Å². The first kappa shape index (κ1) is 21.7. The molecule has 1 aromatic rings. The van der Waals surface area contributed by atoms with Gasteiger partial charge in [-0.05, 0) is 25.0 Å². The molecule has 0 heterocycles. The molecule has 1 aromatic carbocycles. The quantitative estimate of drug-likeness (QED) is 0.355. The van der Waals surface area contributed by atoms with Crippen LogP contribution in [-0.4, -0.2) is 24.1 Å². The number of hydrogen-bond donors (Lipinski definition) is 1. The van der Waals surface area contributed by atoms with E-state index in [0.29, 0.717) is 30.8 Å². The van der Waals surface area contributed by atoms with Crippen molar-refractivity contribution >= 4 is 23.3 Å². The SMILES string of the molecule is CCCCCCCCC(CNC(=O)c1ccccc1)C(=O)CCCCl. The first-order valence-corrected chi connectivity index (χ1v) is 10.1. The summed E-state index contributed by atoms with van der Waals surface area (Å²) in [6.07, 6.45) is 9.29. The van der Waals surface area contributed by atoms with E-state index in [9.17, 15) is 9.59 Å². The van der Waals surface area contributed by atoms with Crippen LogP contribution in [0.1, 0.15) is 75.1 Å². The average molecular weight is 366 g/mol. The number of hydrogen-bond acceptors (Lipinski definition) is 2. The van der Waals surface area contributed by atoms with Crippen LogP contribution in [0.4, 0.5) is 0 Å². The van der Waals surface area contributed by atoms with Gasteiger partial charge in [-0.1, -0.05) is 63.6 Å². The Labute approximate surface area is 157 Å². The molecule has 0 spiro atoms. The number of rotatable bonds is 14. The van der Waals surface area contributed by atoms with Gasteiger partial charge in [0.15, 0.2) is 0 Å². The maximum absolute atomic E-state index is 12.4. The molecule has 3 nitrogen and oxygen atoms in total. The second kappa shape index (κ2) is 13.9. The van der Waals surface area contributed by atoms with Crippen molar-refractivity contribution in [1.29, 1.82) is 0 Å². The maximum atomic E-state index is 12.4. The summed E-state index contributed by atoms with van der Waals surface area (Å²) in [6, 6.07) is 9.14. The number of unbranched alkanes of at least 4 members (excludes halogenated alkanes) is 5. The molecule has 0 radical (unpaired) electrons. The van der Waals surface area contributed by atoms with Crippen LogP contribution < -0.4 is 5.32 Å². The highest BCUT2D eigenvalue weighted by Crippen LogP contribution is 2.15. The Kier molecular flexibility index (Phi) is 12.0. The van der Waals surface area contributed by atoms with Gasteiger partial charge in [0.25, 0.3) is 5.91 Å². The number of alkyl halides is 1. The van der Waals surface area contributed by atoms with Gasteiger partial charge >= 0.3 is 0 Å². The fourth-order valence-corrected chi connectivity index (χ4v) is 3.03. The molecular formula is C21H32ClNO2. The van der Waals surface area contributed by atoms with Crippen molar-refractivity contribution in [3.05, 3.63) is 35.9 Å². The number of ketones is 1. The zero-order valence-corrected chi connectivity index (χ0v) is 16.2. The molecule has 25 heavy (non-hydrogen) atoms. The van der Waals surface area contributed by atoms with Gasteiger partial charge in [0, 0.05) is 30.3 Å². The Bertz CT molecular complexity index is 490. The van der Waals surface area contributed by atoms with Gasteiger partial charge in [0.05, 0.1) is 0 Å². The van der Waals surface area contributed by atoms with Crippen LogP contribution in [0, 0.1) is 5.92 Å². The standard InChI is InChI=1S/C21H32ClNO2/c1-2-3-4-5-6-8-14-19(20(24)15-11-16-22)17-23-21(25)18-12-9-7-10-13-18/h7,9-10,12-13,19H,2-6,8,11,14-17H2,1H3,(H,23,25). The van der Waals surface area contributed by atoms with E-state index in [1.54, 1.807) is 12.1 Å². The second-order valence-corrected chi connectivity index (χ2v) is 6.97. The van der Waals surface area contributed by atoms with E-state index in [0.717, 1.165) is 19.3 Å². The van der Waals surface area contributed by atoms with Crippen LogP contribution >= 0.6 is 11.6 Å². The highest BCUT2D eigenvalue weighted by atomic mass is 35.5. The lowest BCUT2D eigenvalue weighted by atomic mass is 9.93.